The second-order valence-electron chi connectivity index (χ2n) is 4.55. The molecule has 1 fully saturated rings. The Hall–Kier alpha value is -2.02. The maximum atomic E-state index is 11.7. The fourth-order valence-electron chi connectivity index (χ4n) is 1.83. The SMILES string of the molecule is COc1cccc(CCNC(=O)C2(C#N)CC2)c1. The van der Waals surface area contributed by atoms with Crippen LogP contribution in [-0.2, 0) is 11.2 Å². The zero-order valence-electron chi connectivity index (χ0n) is 10.4. The molecule has 0 aromatic heterocycles. The standard InChI is InChI=1S/C14H16N2O2/c1-18-12-4-2-3-11(9-12)5-8-16-13(17)14(10-15)6-7-14/h2-4,9H,5-8H2,1H3,(H,16,17). The van der Waals surface area contributed by atoms with Crippen LogP contribution < -0.4 is 10.1 Å². The topological polar surface area (TPSA) is 62.1 Å². The molecule has 94 valence electrons. The Bertz CT molecular complexity index is 487. The van der Waals surface area contributed by atoms with E-state index in [0.29, 0.717) is 19.4 Å². The normalized spacial score (nSPS) is 15.6. The third-order valence-corrected chi connectivity index (χ3v) is 3.23. The van der Waals surface area contributed by atoms with Gasteiger partial charge in [0.1, 0.15) is 11.2 Å². The molecule has 0 radical (unpaired) electrons. The van der Waals surface area contributed by atoms with Gasteiger partial charge in [0.05, 0.1) is 13.2 Å². The number of nitriles is 1. The minimum Gasteiger partial charge on any atom is -0.497 e. The number of nitrogens with one attached hydrogen (secondary N) is 1. The summed E-state index contributed by atoms with van der Waals surface area (Å²) in [6, 6.07) is 9.84. The third kappa shape index (κ3) is 2.62. The third-order valence-electron chi connectivity index (χ3n) is 3.23. The first kappa shape index (κ1) is 12.4. The number of ether oxygens (including phenoxy) is 1. The van der Waals surface area contributed by atoms with Crippen LogP contribution in [0.4, 0.5) is 0 Å². The van der Waals surface area contributed by atoms with Gasteiger partial charge in [-0.1, -0.05) is 12.1 Å². The van der Waals surface area contributed by atoms with Gasteiger partial charge >= 0.3 is 0 Å². The van der Waals surface area contributed by atoms with Crippen molar-refractivity contribution >= 4 is 5.91 Å². The minimum atomic E-state index is -0.728. The summed E-state index contributed by atoms with van der Waals surface area (Å²) in [7, 11) is 1.63. The largest absolute Gasteiger partial charge is 0.497 e. The summed E-state index contributed by atoms with van der Waals surface area (Å²) in [6.07, 6.45) is 2.12. The average molecular weight is 244 g/mol. The van der Waals surface area contributed by atoms with Crippen molar-refractivity contribution in [1.29, 1.82) is 5.26 Å². The monoisotopic (exact) mass is 244 g/mol. The zero-order valence-corrected chi connectivity index (χ0v) is 10.4. The van der Waals surface area contributed by atoms with Crippen molar-refractivity contribution < 1.29 is 9.53 Å². The van der Waals surface area contributed by atoms with E-state index in [1.165, 1.54) is 0 Å². The molecule has 0 spiro atoms. The number of amides is 1. The van der Waals surface area contributed by atoms with E-state index in [4.69, 9.17) is 10.00 Å². The molecule has 1 N–H and O–H groups in total. The van der Waals surface area contributed by atoms with Crippen molar-refractivity contribution in [1.82, 2.24) is 5.32 Å². The Morgan fingerprint density at radius 2 is 2.33 bits per heavy atom. The molecule has 0 bridgehead atoms. The van der Waals surface area contributed by atoms with Crippen LogP contribution in [0.25, 0.3) is 0 Å². The first-order chi connectivity index (χ1) is 8.70. The number of benzene rings is 1. The summed E-state index contributed by atoms with van der Waals surface area (Å²) in [5, 5.41) is 11.7. The van der Waals surface area contributed by atoms with Gasteiger partial charge in [-0.3, -0.25) is 4.79 Å². The minimum absolute atomic E-state index is 0.132. The predicted octanol–water partition coefficient (Wildman–Crippen LogP) is 1.66. The fraction of sp³-hybridized carbons (Fsp3) is 0.429. The highest BCUT2D eigenvalue weighted by atomic mass is 16.5. The van der Waals surface area contributed by atoms with E-state index in [-0.39, 0.29) is 5.91 Å². The summed E-state index contributed by atoms with van der Waals surface area (Å²) in [5.74, 6) is 0.683. The van der Waals surface area contributed by atoms with Gasteiger partial charge in [-0.2, -0.15) is 5.26 Å². The van der Waals surface area contributed by atoms with Crippen molar-refractivity contribution in [3.63, 3.8) is 0 Å². The number of methoxy groups -OCH3 is 1. The molecule has 1 saturated carbocycles. The van der Waals surface area contributed by atoms with Gasteiger partial charge in [0.15, 0.2) is 0 Å². The molecule has 0 atom stereocenters. The summed E-state index contributed by atoms with van der Waals surface area (Å²) in [6.45, 7) is 0.551. The fourth-order valence-corrected chi connectivity index (χ4v) is 1.83. The van der Waals surface area contributed by atoms with Gasteiger partial charge in [-0.05, 0) is 37.0 Å². The highest BCUT2D eigenvalue weighted by Crippen LogP contribution is 2.44. The Labute approximate surface area is 107 Å². The number of rotatable bonds is 5. The number of carbonyl (C=O) groups is 1. The lowest BCUT2D eigenvalue weighted by molar-refractivity contribution is -0.124. The molecule has 2 rings (SSSR count). The van der Waals surface area contributed by atoms with E-state index in [1.807, 2.05) is 24.3 Å². The lowest BCUT2D eigenvalue weighted by atomic mass is 10.1. The average Bonchev–Trinajstić information content (AvgIpc) is 3.20. The number of nitrogens with zero attached hydrogens (tertiary/aromatic N) is 1. The lowest BCUT2D eigenvalue weighted by Crippen LogP contribution is -2.32. The maximum absolute atomic E-state index is 11.7. The first-order valence-electron chi connectivity index (χ1n) is 6.03. The molecular weight excluding hydrogens is 228 g/mol. The summed E-state index contributed by atoms with van der Waals surface area (Å²) in [4.78, 5) is 11.7. The number of carbonyl (C=O) groups excluding carboxylic acids is 1. The predicted molar refractivity (Wildman–Crippen MR) is 67.0 cm³/mol. The second kappa shape index (κ2) is 5.09. The molecular formula is C14H16N2O2. The Morgan fingerprint density at radius 3 is 2.94 bits per heavy atom. The van der Waals surface area contributed by atoms with E-state index in [9.17, 15) is 4.79 Å². The molecule has 4 nitrogen and oxygen atoms in total. The van der Waals surface area contributed by atoms with Crippen LogP contribution in [0.2, 0.25) is 0 Å². The molecule has 1 aromatic rings. The van der Waals surface area contributed by atoms with Gasteiger partial charge in [-0.25, -0.2) is 0 Å². The lowest BCUT2D eigenvalue weighted by Gasteiger charge is -2.08. The quantitative estimate of drug-likeness (QED) is 0.856. The summed E-state index contributed by atoms with van der Waals surface area (Å²) < 4.78 is 5.13. The van der Waals surface area contributed by atoms with Crippen LogP contribution in [0.3, 0.4) is 0 Å². The van der Waals surface area contributed by atoms with Gasteiger partial charge in [0.2, 0.25) is 5.91 Å². The molecule has 18 heavy (non-hydrogen) atoms. The van der Waals surface area contributed by atoms with E-state index in [2.05, 4.69) is 11.4 Å². The van der Waals surface area contributed by atoms with Crippen molar-refractivity contribution in [2.75, 3.05) is 13.7 Å². The summed E-state index contributed by atoms with van der Waals surface area (Å²) >= 11 is 0. The number of hydrogen-bond donors (Lipinski definition) is 1. The Morgan fingerprint density at radius 1 is 1.56 bits per heavy atom. The molecule has 1 aliphatic carbocycles. The molecule has 1 amide bonds. The van der Waals surface area contributed by atoms with Gasteiger partial charge in [-0.15, -0.1) is 0 Å². The highest BCUT2D eigenvalue weighted by molar-refractivity contribution is 5.88. The Kier molecular flexibility index (Phi) is 3.52. The molecule has 4 heteroatoms. The van der Waals surface area contributed by atoms with Crippen LogP contribution >= 0.6 is 0 Å². The van der Waals surface area contributed by atoms with E-state index in [1.54, 1.807) is 7.11 Å². The van der Waals surface area contributed by atoms with Crippen LogP contribution in [0.5, 0.6) is 5.75 Å². The zero-order chi connectivity index (χ0) is 13.0. The second-order valence-corrected chi connectivity index (χ2v) is 4.55. The van der Waals surface area contributed by atoms with Crippen LogP contribution in [0.15, 0.2) is 24.3 Å². The number of hydrogen-bond acceptors (Lipinski definition) is 3. The van der Waals surface area contributed by atoms with Gasteiger partial charge in [0.25, 0.3) is 0 Å². The summed E-state index contributed by atoms with van der Waals surface area (Å²) in [5.41, 5.74) is 0.380. The van der Waals surface area contributed by atoms with E-state index in [0.717, 1.165) is 17.7 Å². The smallest absolute Gasteiger partial charge is 0.240 e. The van der Waals surface area contributed by atoms with Gasteiger partial charge < -0.3 is 10.1 Å². The molecule has 0 saturated heterocycles. The molecule has 0 unspecified atom stereocenters. The van der Waals surface area contributed by atoms with Crippen molar-refractivity contribution in [2.45, 2.75) is 19.3 Å². The van der Waals surface area contributed by atoms with Crippen LogP contribution in [0, 0.1) is 16.7 Å². The Balaban J connectivity index is 1.82. The highest BCUT2D eigenvalue weighted by Gasteiger charge is 2.50. The van der Waals surface area contributed by atoms with E-state index < -0.39 is 5.41 Å². The van der Waals surface area contributed by atoms with Crippen molar-refractivity contribution in [2.24, 2.45) is 5.41 Å². The maximum Gasteiger partial charge on any atom is 0.240 e. The van der Waals surface area contributed by atoms with Crippen LogP contribution in [0.1, 0.15) is 18.4 Å². The molecule has 1 aromatic carbocycles. The first-order valence-corrected chi connectivity index (χ1v) is 6.03. The van der Waals surface area contributed by atoms with Crippen LogP contribution in [-0.4, -0.2) is 19.6 Å². The van der Waals surface area contributed by atoms with Gasteiger partial charge in [0, 0.05) is 6.54 Å². The van der Waals surface area contributed by atoms with E-state index >= 15 is 0 Å². The molecule has 0 heterocycles. The molecule has 0 aliphatic heterocycles. The van der Waals surface area contributed by atoms with Crippen molar-refractivity contribution in [3.8, 4) is 11.8 Å². The van der Waals surface area contributed by atoms with Crippen molar-refractivity contribution in [3.05, 3.63) is 29.8 Å². The molecule has 1 aliphatic rings.